The van der Waals surface area contributed by atoms with E-state index in [9.17, 15) is 22.8 Å². The third-order valence-electron chi connectivity index (χ3n) is 7.57. The lowest BCUT2D eigenvalue weighted by Crippen LogP contribution is -2.44. The predicted octanol–water partition coefficient (Wildman–Crippen LogP) is 7.64. The number of allylic oxidation sites excluding steroid dienone is 2. The molecular weight excluding hydrogens is 471 g/mol. The van der Waals surface area contributed by atoms with Gasteiger partial charge in [0.1, 0.15) is 5.78 Å². The predicted molar refractivity (Wildman–Crippen MR) is 131 cm³/mol. The van der Waals surface area contributed by atoms with Crippen LogP contribution in [0.3, 0.4) is 0 Å². The number of halogens is 3. The number of carbonyl (C=O) groups is 2. The van der Waals surface area contributed by atoms with Gasteiger partial charge < -0.3 is 0 Å². The Morgan fingerprint density at radius 1 is 1.03 bits per heavy atom. The highest BCUT2D eigenvalue weighted by Crippen LogP contribution is 2.50. The van der Waals surface area contributed by atoms with Gasteiger partial charge in [0.05, 0.1) is 17.2 Å². The van der Waals surface area contributed by atoms with Crippen LogP contribution in [-0.4, -0.2) is 17.3 Å². The van der Waals surface area contributed by atoms with E-state index in [2.05, 4.69) is 13.8 Å². The summed E-state index contributed by atoms with van der Waals surface area (Å²) >= 11 is 1.51. The van der Waals surface area contributed by atoms with Crippen LogP contribution in [0.15, 0.2) is 57.4 Å². The molecule has 2 atom stereocenters. The Balaban J connectivity index is 1.68. The molecule has 2 aromatic rings. The van der Waals surface area contributed by atoms with E-state index in [1.165, 1.54) is 23.5 Å². The summed E-state index contributed by atoms with van der Waals surface area (Å²) in [6, 6.07) is 6.36. The van der Waals surface area contributed by atoms with E-state index in [1.807, 2.05) is 16.8 Å². The van der Waals surface area contributed by atoms with Crippen LogP contribution < -0.4 is 0 Å². The third kappa shape index (κ3) is 4.55. The van der Waals surface area contributed by atoms with E-state index in [0.29, 0.717) is 18.4 Å². The molecule has 2 saturated carbocycles. The highest BCUT2D eigenvalue weighted by molar-refractivity contribution is 7.08. The lowest BCUT2D eigenvalue weighted by molar-refractivity contribution is -0.137. The number of Topliss-reactive ketones (excluding diaryl/α,β-unsaturated/α-hetero) is 2. The van der Waals surface area contributed by atoms with Crippen molar-refractivity contribution in [1.82, 2.24) is 0 Å². The average Bonchev–Trinajstić information content (AvgIpc) is 3.50. The van der Waals surface area contributed by atoms with Crippen molar-refractivity contribution in [2.24, 2.45) is 22.2 Å². The van der Waals surface area contributed by atoms with Gasteiger partial charge in [-0.25, -0.2) is 0 Å². The fourth-order valence-corrected chi connectivity index (χ4v) is 6.70. The molecule has 1 aromatic carbocycles. The highest BCUT2D eigenvalue weighted by Gasteiger charge is 2.49. The Hall–Kier alpha value is -2.54. The minimum Gasteiger partial charge on any atom is -0.299 e. The maximum atomic E-state index is 14.0. The van der Waals surface area contributed by atoms with Gasteiger partial charge in [0, 0.05) is 35.1 Å². The van der Waals surface area contributed by atoms with Crippen molar-refractivity contribution in [1.29, 1.82) is 0 Å². The monoisotopic (exact) mass is 499 g/mol. The van der Waals surface area contributed by atoms with Crippen LogP contribution in [0, 0.1) is 17.3 Å². The Kier molecular flexibility index (Phi) is 6.10. The van der Waals surface area contributed by atoms with Crippen LogP contribution >= 0.6 is 11.3 Å². The third-order valence-corrected chi connectivity index (χ3v) is 8.27. The van der Waals surface area contributed by atoms with Gasteiger partial charge in [0.2, 0.25) is 0 Å². The second-order valence-corrected chi connectivity index (χ2v) is 11.6. The average molecular weight is 500 g/mol. The van der Waals surface area contributed by atoms with Gasteiger partial charge in [-0.2, -0.15) is 24.5 Å². The van der Waals surface area contributed by atoms with Crippen molar-refractivity contribution in [2.45, 2.75) is 64.5 Å². The van der Waals surface area contributed by atoms with Crippen molar-refractivity contribution < 1.29 is 22.8 Å². The molecule has 0 spiro atoms. The zero-order valence-corrected chi connectivity index (χ0v) is 20.6. The molecule has 3 nitrogen and oxygen atoms in total. The molecule has 2 heterocycles. The van der Waals surface area contributed by atoms with Crippen molar-refractivity contribution >= 4 is 28.6 Å². The molecule has 0 saturated heterocycles. The van der Waals surface area contributed by atoms with E-state index < -0.39 is 23.6 Å². The summed E-state index contributed by atoms with van der Waals surface area (Å²) in [5.74, 6) is -1.08. The largest absolute Gasteiger partial charge is 0.416 e. The fourth-order valence-electron chi connectivity index (χ4n) is 6.00. The molecule has 0 amide bonds. The van der Waals surface area contributed by atoms with Crippen LogP contribution in [0.2, 0.25) is 0 Å². The number of benzene rings is 1. The lowest BCUT2D eigenvalue weighted by Gasteiger charge is -2.42. The maximum Gasteiger partial charge on any atom is 0.416 e. The number of thiophene rings is 1. The standard InChI is InChI=1S/C28H28F3NO2S/c1-27(2)13-20-23(21(33)14-27)22(18-11-12-35-15-18)24(25(32-20)16-5-3-4-6-16)26(34)17-7-9-19(10-8-17)28(29,30)31/h7-12,15-16,22-23H,3-6,13-14H2,1-2H3. The molecule has 1 aromatic heterocycles. The van der Waals surface area contributed by atoms with Crippen LogP contribution in [-0.2, 0) is 11.0 Å². The maximum absolute atomic E-state index is 14.0. The quantitative estimate of drug-likeness (QED) is 0.406. The van der Waals surface area contributed by atoms with Gasteiger partial charge in [-0.05, 0) is 59.2 Å². The van der Waals surface area contributed by atoms with E-state index in [0.717, 1.165) is 54.8 Å². The molecule has 7 heteroatoms. The highest BCUT2D eigenvalue weighted by atomic mass is 32.1. The normalized spacial score (nSPS) is 24.9. The van der Waals surface area contributed by atoms with Gasteiger partial charge in [-0.15, -0.1) is 0 Å². The van der Waals surface area contributed by atoms with Crippen molar-refractivity contribution in [3.63, 3.8) is 0 Å². The summed E-state index contributed by atoms with van der Waals surface area (Å²) in [4.78, 5) is 32.6. The van der Waals surface area contributed by atoms with E-state index in [1.54, 1.807) is 0 Å². The lowest BCUT2D eigenvalue weighted by atomic mass is 9.62. The number of ketones is 2. The van der Waals surface area contributed by atoms with Gasteiger partial charge in [0.15, 0.2) is 5.78 Å². The van der Waals surface area contributed by atoms with Crippen LogP contribution in [0.4, 0.5) is 13.2 Å². The van der Waals surface area contributed by atoms with Crippen LogP contribution in [0.1, 0.15) is 79.8 Å². The van der Waals surface area contributed by atoms with Gasteiger partial charge in [-0.3, -0.25) is 14.6 Å². The van der Waals surface area contributed by atoms with E-state index in [-0.39, 0.29) is 28.5 Å². The molecule has 184 valence electrons. The summed E-state index contributed by atoms with van der Waals surface area (Å²) in [6.07, 6.45) is 0.596. The molecule has 0 N–H and O–H groups in total. The topological polar surface area (TPSA) is 46.5 Å². The van der Waals surface area contributed by atoms with Crippen molar-refractivity contribution in [3.8, 4) is 0 Å². The second-order valence-electron chi connectivity index (χ2n) is 10.8. The first kappa shape index (κ1) is 24.2. The SMILES string of the molecule is CC1(C)CC(=O)C2C(=NC(C3CCCC3)=C(C(=O)c3ccc(C(F)(F)F)cc3)C2c2ccsc2)C1. The first-order valence-corrected chi connectivity index (χ1v) is 13.1. The summed E-state index contributed by atoms with van der Waals surface area (Å²) in [7, 11) is 0. The first-order chi connectivity index (χ1) is 16.5. The first-order valence-electron chi connectivity index (χ1n) is 12.1. The smallest absolute Gasteiger partial charge is 0.299 e. The molecule has 2 unspecified atom stereocenters. The van der Waals surface area contributed by atoms with Crippen molar-refractivity contribution in [3.05, 3.63) is 69.1 Å². The number of aliphatic imine (C=N–C) groups is 1. The van der Waals surface area contributed by atoms with Gasteiger partial charge >= 0.3 is 6.18 Å². The second kappa shape index (κ2) is 8.84. The zero-order chi connectivity index (χ0) is 25.0. The van der Waals surface area contributed by atoms with Crippen LogP contribution in [0.25, 0.3) is 0 Å². The molecule has 2 aliphatic carbocycles. The van der Waals surface area contributed by atoms with Crippen LogP contribution in [0.5, 0.6) is 0 Å². The molecule has 5 rings (SSSR count). The molecule has 0 radical (unpaired) electrons. The van der Waals surface area contributed by atoms with Gasteiger partial charge in [0.25, 0.3) is 0 Å². The minimum atomic E-state index is -4.47. The molecule has 2 fully saturated rings. The number of hydrogen-bond donors (Lipinski definition) is 0. The number of carbonyl (C=O) groups excluding carboxylic acids is 2. The molecular formula is C28H28F3NO2S. The van der Waals surface area contributed by atoms with E-state index in [4.69, 9.17) is 4.99 Å². The Labute approximate surface area is 207 Å². The summed E-state index contributed by atoms with van der Waals surface area (Å²) in [6.45, 7) is 4.15. The number of nitrogens with zero attached hydrogens (tertiary/aromatic N) is 1. The number of hydrogen-bond acceptors (Lipinski definition) is 4. The summed E-state index contributed by atoms with van der Waals surface area (Å²) < 4.78 is 39.4. The van der Waals surface area contributed by atoms with Gasteiger partial charge in [-0.1, -0.05) is 38.8 Å². The molecule has 35 heavy (non-hydrogen) atoms. The Bertz CT molecular complexity index is 1200. The molecule has 1 aliphatic heterocycles. The van der Waals surface area contributed by atoms with E-state index >= 15 is 0 Å². The molecule has 0 bridgehead atoms. The molecule has 3 aliphatic rings. The zero-order valence-electron chi connectivity index (χ0n) is 19.8. The summed E-state index contributed by atoms with van der Waals surface area (Å²) in [5.41, 5.74) is 2.23. The number of fused-ring (bicyclic) bond motifs is 1. The fraction of sp³-hybridized carbons (Fsp3) is 0.464. The Morgan fingerprint density at radius 2 is 1.71 bits per heavy atom. The Morgan fingerprint density at radius 3 is 2.31 bits per heavy atom. The number of alkyl halides is 3. The minimum absolute atomic E-state index is 0.0828. The summed E-state index contributed by atoms with van der Waals surface area (Å²) in [5, 5.41) is 3.92. The number of rotatable bonds is 4. The van der Waals surface area contributed by atoms with Crippen molar-refractivity contribution in [2.75, 3.05) is 0 Å².